The van der Waals surface area contributed by atoms with Crippen molar-refractivity contribution >= 4 is 34.1 Å². The summed E-state index contributed by atoms with van der Waals surface area (Å²) >= 11 is 6.12. The van der Waals surface area contributed by atoms with E-state index < -0.39 is 17.7 Å². The number of hydrogen-bond acceptors (Lipinski definition) is 3. The lowest BCUT2D eigenvalue weighted by Gasteiger charge is -2.28. The van der Waals surface area contributed by atoms with Gasteiger partial charge in [-0.05, 0) is 74.7 Å². The molecule has 2 aromatic heterocycles. The average molecular weight is 423 g/mol. The van der Waals surface area contributed by atoms with Crippen molar-refractivity contribution in [2.75, 3.05) is 0 Å². The van der Waals surface area contributed by atoms with Gasteiger partial charge < -0.3 is 9.84 Å². The monoisotopic (exact) mass is 422 g/mol. The normalized spacial score (nSPS) is 13.1. The van der Waals surface area contributed by atoms with Crippen LogP contribution in [-0.4, -0.2) is 26.1 Å². The summed E-state index contributed by atoms with van der Waals surface area (Å²) in [5.41, 5.74) is 4.35. The van der Waals surface area contributed by atoms with E-state index in [4.69, 9.17) is 16.3 Å². The van der Waals surface area contributed by atoms with Gasteiger partial charge in [-0.1, -0.05) is 23.7 Å². The standard InChI is InChI=1S/C24H23ClN2O3/c1-14-13-18-17(9-10-19-26-11-12-27(18)19)21(15-5-7-16(25)8-6-15)20(14)22(23(28)29)30-24(2,3)4/h5-13,22H,1-4H3,(H,28,29)/t22-/m0/s1. The Bertz CT molecular complexity index is 1250. The molecule has 2 heterocycles. The van der Waals surface area contributed by atoms with Crippen LogP contribution in [0.5, 0.6) is 0 Å². The maximum atomic E-state index is 12.3. The van der Waals surface area contributed by atoms with E-state index in [2.05, 4.69) is 4.98 Å². The molecule has 6 heteroatoms. The summed E-state index contributed by atoms with van der Waals surface area (Å²) in [7, 11) is 0. The molecule has 0 aliphatic carbocycles. The van der Waals surface area contributed by atoms with E-state index in [9.17, 15) is 9.90 Å². The van der Waals surface area contributed by atoms with Crippen molar-refractivity contribution in [1.29, 1.82) is 0 Å². The molecule has 0 unspecified atom stereocenters. The Morgan fingerprint density at radius 1 is 1.17 bits per heavy atom. The molecule has 30 heavy (non-hydrogen) atoms. The highest BCUT2D eigenvalue weighted by atomic mass is 35.5. The second kappa shape index (κ2) is 7.42. The van der Waals surface area contributed by atoms with Gasteiger partial charge in [0.2, 0.25) is 0 Å². The molecule has 2 aromatic carbocycles. The van der Waals surface area contributed by atoms with Crippen molar-refractivity contribution in [3.8, 4) is 11.1 Å². The third kappa shape index (κ3) is 3.66. The predicted molar refractivity (Wildman–Crippen MR) is 119 cm³/mol. The van der Waals surface area contributed by atoms with Crippen LogP contribution in [0.3, 0.4) is 0 Å². The second-order valence-corrected chi connectivity index (χ2v) is 8.80. The number of pyridine rings is 1. The summed E-state index contributed by atoms with van der Waals surface area (Å²) in [4.78, 5) is 16.7. The van der Waals surface area contributed by atoms with Crippen LogP contribution in [0, 0.1) is 6.92 Å². The number of carboxylic acid groups (broad SMARTS) is 1. The first-order chi connectivity index (χ1) is 14.2. The number of carbonyl (C=O) groups is 1. The highest BCUT2D eigenvalue weighted by Crippen LogP contribution is 2.40. The molecule has 0 amide bonds. The minimum absolute atomic E-state index is 0.620. The molecule has 0 spiro atoms. The number of nitrogens with zero attached hydrogens (tertiary/aromatic N) is 2. The first kappa shape index (κ1) is 20.4. The third-order valence-electron chi connectivity index (χ3n) is 5.01. The number of aromatic nitrogens is 2. The zero-order chi connectivity index (χ0) is 21.6. The maximum Gasteiger partial charge on any atom is 0.337 e. The van der Waals surface area contributed by atoms with Crippen LogP contribution < -0.4 is 0 Å². The number of aliphatic carboxylic acids is 1. The molecule has 0 aliphatic rings. The van der Waals surface area contributed by atoms with Crippen LogP contribution in [0.15, 0.2) is 54.9 Å². The molecular formula is C24H23ClN2O3. The third-order valence-corrected chi connectivity index (χ3v) is 5.26. The number of halogens is 1. The molecule has 0 saturated carbocycles. The van der Waals surface area contributed by atoms with Crippen molar-refractivity contribution in [1.82, 2.24) is 9.38 Å². The van der Waals surface area contributed by atoms with E-state index in [1.807, 2.05) is 80.8 Å². The lowest BCUT2D eigenvalue weighted by Crippen LogP contribution is -2.28. The number of fused-ring (bicyclic) bond motifs is 3. The zero-order valence-corrected chi connectivity index (χ0v) is 18.1. The van der Waals surface area contributed by atoms with Crippen molar-refractivity contribution < 1.29 is 14.6 Å². The van der Waals surface area contributed by atoms with Crippen LogP contribution in [0.4, 0.5) is 0 Å². The fraction of sp³-hybridized carbons (Fsp3) is 0.250. The summed E-state index contributed by atoms with van der Waals surface area (Å²) in [6.45, 7) is 7.49. The summed E-state index contributed by atoms with van der Waals surface area (Å²) < 4.78 is 8.03. The molecule has 1 atom stereocenters. The van der Waals surface area contributed by atoms with Crippen molar-refractivity contribution in [3.63, 3.8) is 0 Å². The Balaban J connectivity index is 2.11. The number of aryl methyl sites for hydroxylation is 1. The van der Waals surface area contributed by atoms with Gasteiger partial charge in [0.25, 0.3) is 0 Å². The molecule has 0 fully saturated rings. The smallest absolute Gasteiger partial charge is 0.337 e. The van der Waals surface area contributed by atoms with Crippen LogP contribution in [0.2, 0.25) is 5.02 Å². The Labute approximate surface area is 179 Å². The second-order valence-electron chi connectivity index (χ2n) is 8.36. The molecule has 4 rings (SSSR count). The van der Waals surface area contributed by atoms with Crippen molar-refractivity contribution in [3.05, 3.63) is 71.0 Å². The molecule has 1 N–H and O–H groups in total. The quantitative estimate of drug-likeness (QED) is 0.434. The predicted octanol–water partition coefficient (Wildman–Crippen LogP) is 6.06. The summed E-state index contributed by atoms with van der Waals surface area (Å²) in [6, 6.07) is 13.4. The Morgan fingerprint density at radius 2 is 1.87 bits per heavy atom. The van der Waals surface area contributed by atoms with E-state index in [-0.39, 0.29) is 0 Å². The largest absolute Gasteiger partial charge is 0.479 e. The van der Waals surface area contributed by atoms with E-state index in [1.54, 1.807) is 6.20 Å². The van der Waals surface area contributed by atoms with Gasteiger partial charge in [0.05, 0.1) is 11.1 Å². The lowest BCUT2D eigenvalue weighted by molar-refractivity contribution is -0.160. The van der Waals surface area contributed by atoms with Gasteiger partial charge in [0, 0.05) is 28.4 Å². The number of hydrogen-bond donors (Lipinski definition) is 1. The van der Waals surface area contributed by atoms with Crippen LogP contribution in [-0.2, 0) is 9.53 Å². The fourth-order valence-electron chi connectivity index (χ4n) is 3.85. The minimum atomic E-state index is -1.11. The SMILES string of the molecule is Cc1cc2c(ccc3nccn32)c(-c2ccc(Cl)cc2)c1[C@H](OC(C)(C)C)C(=O)O. The van der Waals surface area contributed by atoms with Crippen molar-refractivity contribution in [2.45, 2.75) is 39.4 Å². The zero-order valence-electron chi connectivity index (χ0n) is 17.3. The van der Waals surface area contributed by atoms with Crippen LogP contribution >= 0.6 is 11.6 Å². The number of benzene rings is 2. The van der Waals surface area contributed by atoms with E-state index in [1.165, 1.54) is 0 Å². The van der Waals surface area contributed by atoms with Gasteiger partial charge >= 0.3 is 5.97 Å². The van der Waals surface area contributed by atoms with Gasteiger partial charge in [-0.2, -0.15) is 0 Å². The topological polar surface area (TPSA) is 63.8 Å². The highest BCUT2D eigenvalue weighted by molar-refractivity contribution is 6.30. The first-order valence-corrected chi connectivity index (χ1v) is 10.1. The minimum Gasteiger partial charge on any atom is -0.479 e. The molecular weight excluding hydrogens is 400 g/mol. The van der Waals surface area contributed by atoms with Gasteiger partial charge in [-0.25, -0.2) is 9.78 Å². The maximum absolute atomic E-state index is 12.3. The first-order valence-electron chi connectivity index (χ1n) is 9.71. The lowest BCUT2D eigenvalue weighted by atomic mass is 9.88. The van der Waals surface area contributed by atoms with Gasteiger partial charge in [0.1, 0.15) is 5.65 Å². The molecule has 5 nitrogen and oxygen atoms in total. The molecule has 4 aromatic rings. The highest BCUT2D eigenvalue weighted by Gasteiger charge is 2.31. The fourth-order valence-corrected chi connectivity index (χ4v) is 3.98. The van der Waals surface area contributed by atoms with Crippen LogP contribution in [0.1, 0.15) is 38.0 Å². The Morgan fingerprint density at radius 3 is 2.50 bits per heavy atom. The van der Waals surface area contributed by atoms with E-state index in [0.717, 1.165) is 33.2 Å². The summed E-state index contributed by atoms with van der Waals surface area (Å²) in [5.74, 6) is -1.02. The summed E-state index contributed by atoms with van der Waals surface area (Å²) in [5, 5.41) is 11.6. The number of rotatable bonds is 4. The Hall–Kier alpha value is -2.89. The Kier molecular flexibility index (Phi) is 5.04. The van der Waals surface area contributed by atoms with E-state index >= 15 is 0 Å². The van der Waals surface area contributed by atoms with Gasteiger partial charge in [0.15, 0.2) is 6.10 Å². The number of carboxylic acids is 1. The number of ether oxygens (including phenoxy) is 1. The molecule has 0 radical (unpaired) electrons. The molecule has 154 valence electrons. The molecule has 0 aliphatic heterocycles. The number of imidazole rings is 1. The average Bonchev–Trinajstić information content (AvgIpc) is 3.14. The van der Waals surface area contributed by atoms with E-state index in [0.29, 0.717) is 10.6 Å². The van der Waals surface area contributed by atoms with Crippen LogP contribution in [0.25, 0.3) is 27.7 Å². The molecule has 0 saturated heterocycles. The molecule has 0 bridgehead atoms. The van der Waals surface area contributed by atoms with Gasteiger partial charge in [-0.15, -0.1) is 0 Å². The van der Waals surface area contributed by atoms with Gasteiger partial charge in [-0.3, -0.25) is 4.40 Å². The van der Waals surface area contributed by atoms with Crippen molar-refractivity contribution in [2.24, 2.45) is 0 Å². The summed E-state index contributed by atoms with van der Waals surface area (Å²) in [6.07, 6.45) is 2.55.